The van der Waals surface area contributed by atoms with Crippen molar-refractivity contribution in [2.24, 2.45) is 0 Å². The van der Waals surface area contributed by atoms with Crippen molar-refractivity contribution in [3.8, 4) is 0 Å². The SMILES string of the molecule is C=C(C(=O)CCc1cccs1)C(=O)OCc1ccccc1. The van der Waals surface area contributed by atoms with Crippen LogP contribution in [-0.4, -0.2) is 11.8 Å². The molecule has 1 aromatic heterocycles. The molecule has 0 aliphatic carbocycles. The summed E-state index contributed by atoms with van der Waals surface area (Å²) in [6.45, 7) is 3.70. The first-order valence-electron chi connectivity index (χ1n) is 6.62. The summed E-state index contributed by atoms with van der Waals surface area (Å²) in [5.41, 5.74) is 0.798. The summed E-state index contributed by atoms with van der Waals surface area (Å²) in [5, 5.41) is 1.96. The molecule has 0 atom stereocenters. The van der Waals surface area contributed by atoms with Gasteiger partial charge in [0.1, 0.15) is 6.61 Å². The Morgan fingerprint density at radius 1 is 1.10 bits per heavy atom. The van der Waals surface area contributed by atoms with Gasteiger partial charge in [-0.1, -0.05) is 43.0 Å². The maximum absolute atomic E-state index is 11.9. The third-order valence-corrected chi connectivity index (χ3v) is 3.91. The van der Waals surface area contributed by atoms with Gasteiger partial charge < -0.3 is 4.74 Å². The number of ketones is 1. The molecule has 0 amide bonds. The van der Waals surface area contributed by atoms with E-state index < -0.39 is 5.97 Å². The smallest absolute Gasteiger partial charge is 0.341 e. The summed E-state index contributed by atoms with van der Waals surface area (Å²) in [6, 6.07) is 13.2. The third kappa shape index (κ3) is 4.68. The molecule has 0 spiro atoms. The minimum Gasteiger partial charge on any atom is -0.457 e. The number of aryl methyl sites for hydroxylation is 1. The number of benzene rings is 1. The zero-order chi connectivity index (χ0) is 15.1. The van der Waals surface area contributed by atoms with Crippen molar-refractivity contribution in [2.75, 3.05) is 0 Å². The molecule has 2 aromatic rings. The van der Waals surface area contributed by atoms with Crippen molar-refractivity contribution in [2.45, 2.75) is 19.4 Å². The number of carbonyl (C=O) groups excluding carboxylic acids is 2. The Hall–Kier alpha value is -2.20. The normalized spacial score (nSPS) is 10.1. The van der Waals surface area contributed by atoms with Crippen LogP contribution in [-0.2, 0) is 27.4 Å². The van der Waals surface area contributed by atoms with E-state index in [9.17, 15) is 9.59 Å². The summed E-state index contributed by atoms with van der Waals surface area (Å²) in [4.78, 5) is 24.8. The van der Waals surface area contributed by atoms with Gasteiger partial charge in [-0.05, 0) is 23.4 Å². The highest BCUT2D eigenvalue weighted by Gasteiger charge is 2.17. The summed E-state index contributed by atoms with van der Waals surface area (Å²) in [7, 11) is 0. The fourth-order valence-corrected chi connectivity index (χ4v) is 2.48. The lowest BCUT2D eigenvalue weighted by Crippen LogP contribution is -2.15. The van der Waals surface area contributed by atoms with Gasteiger partial charge in [-0.15, -0.1) is 11.3 Å². The van der Waals surface area contributed by atoms with Crippen molar-refractivity contribution in [1.82, 2.24) is 0 Å². The average molecular weight is 300 g/mol. The van der Waals surface area contributed by atoms with Gasteiger partial charge in [0, 0.05) is 11.3 Å². The van der Waals surface area contributed by atoms with Gasteiger partial charge in [-0.2, -0.15) is 0 Å². The number of Topliss-reactive ketones (excluding diaryl/α,β-unsaturated/α-hetero) is 1. The molecular weight excluding hydrogens is 284 g/mol. The number of hydrogen-bond donors (Lipinski definition) is 0. The molecule has 1 aromatic carbocycles. The van der Waals surface area contributed by atoms with Crippen molar-refractivity contribution < 1.29 is 14.3 Å². The first-order chi connectivity index (χ1) is 10.2. The largest absolute Gasteiger partial charge is 0.457 e. The molecule has 0 unspecified atom stereocenters. The standard InChI is InChI=1S/C17H16O3S/c1-13(16(18)10-9-15-8-5-11-21-15)17(19)20-12-14-6-3-2-4-7-14/h2-8,11H,1,9-10,12H2. The van der Waals surface area contributed by atoms with Gasteiger partial charge in [0.2, 0.25) is 0 Å². The van der Waals surface area contributed by atoms with Crippen molar-refractivity contribution in [3.05, 3.63) is 70.4 Å². The number of thiophene rings is 1. The highest BCUT2D eigenvalue weighted by Crippen LogP contribution is 2.13. The second-order valence-corrected chi connectivity index (χ2v) is 5.58. The quantitative estimate of drug-likeness (QED) is 0.340. The Balaban J connectivity index is 1.78. The van der Waals surface area contributed by atoms with Gasteiger partial charge >= 0.3 is 5.97 Å². The van der Waals surface area contributed by atoms with E-state index in [4.69, 9.17) is 4.74 Å². The molecule has 3 nitrogen and oxygen atoms in total. The molecule has 0 saturated heterocycles. The number of esters is 1. The van der Waals surface area contributed by atoms with Gasteiger partial charge in [-0.25, -0.2) is 4.79 Å². The maximum atomic E-state index is 11.9. The maximum Gasteiger partial charge on any atom is 0.341 e. The van der Waals surface area contributed by atoms with E-state index in [1.807, 2.05) is 47.8 Å². The van der Waals surface area contributed by atoms with Gasteiger partial charge in [-0.3, -0.25) is 4.79 Å². The number of hydrogen-bond acceptors (Lipinski definition) is 4. The second kappa shape index (κ2) is 7.55. The summed E-state index contributed by atoms with van der Waals surface area (Å²) in [6.07, 6.45) is 0.904. The summed E-state index contributed by atoms with van der Waals surface area (Å²) >= 11 is 1.59. The van der Waals surface area contributed by atoms with Crippen molar-refractivity contribution in [1.29, 1.82) is 0 Å². The molecule has 0 aliphatic rings. The lowest BCUT2D eigenvalue weighted by Gasteiger charge is -2.06. The molecule has 1 heterocycles. The van der Waals surface area contributed by atoms with E-state index in [0.29, 0.717) is 6.42 Å². The van der Waals surface area contributed by atoms with Crippen LogP contribution in [0.3, 0.4) is 0 Å². The van der Waals surface area contributed by atoms with Crippen LogP contribution in [0.25, 0.3) is 0 Å². The Labute approximate surface area is 127 Å². The van der Waals surface area contributed by atoms with Crippen LogP contribution in [0.5, 0.6) is 0 Å². The molecular formula is C17H16O3S. The number of ether oxygens (including phenoxy) is 1. The topological polar surface area (TPSA) is 43.4 Å². The van der Waals surface area contributed by atoms with E-state index in [1.54, 1.807) is 11.3 Å². The predicted octanol–water partition coefficient (Wildman–Crippen LogP) is 3.55. The van der Waals surface area contributed by atoms with Crippen LogP contribution in [0.4, 0.5) is 0 Å². The Bertz CT molecular complexity index is 615. The Morgan fingerprint density at radius 2 is 1.86 bits per heavy atom. The molecule has 0 radical (unpaired) electrons. The van der Waals surface area contributed by atoms with Crippen LogP contribution in [0.15, 0.2) is 60.0 Å². The van der Waals surface area contributed by atoms with E-state index in [2.05, 4.69) is 6.58 Å². The van der Waals surface area contributed by atoms with Crippen LogP contribution >= 0.6 is 11.3 Å². The van der Waals surface area contributed by atoms with Crippen molar-refractivity contribution >= 4 is 23.1 Å². The first kappa shape index (κ1) is 15.2. The van der Waals surface area contributed by atoms with Crippen LogP contribution < -0.4 is 0 Å². The molecule has 0 aliphatic heterocycles. The Kier molecular flexibility index (Phi) is 5.46. The lowest BCUT2D eigenvalue weighted by atomic mass is 10.1. The van der Waals surface area contributed by atoms with E-state index in [-0.39, 0.29) is 24.4 Å². The number of carbonyl (C=O) groups is 2. The highest BCUT2D eigenvalue weighted by molar-refractivity contribution is 7.09. The van der Waals surface area contributed by atoms with Crippen LogP contribution in [0, 0.1) is 0 Å². The molecule has 21 heavy (non-hydrogen) atoms. The van der Waals surface area contributed by atoms with Crippen molar-refractivity contribution in [3.63, 3.8) is 0 Å². The lowest BCUT2D eigenvalue weighted by molar-refractivity contribution is -0.141. The average Bonchev–Trinajstić information content (AvgIpc) is 3.04. The zero-order valence-electron chi connectivity index (χ0n) is 11.6. The molecule has 4 heteroatoms. The third-order valence-electron chi connectivity index (χ3n) is 2.97. The fraction of sp³-hybridized carbons (Fsp3) is 0.176. The molecule has 0 saturated carbocycles. The molecule has 0 bridgehead atoms. The minimum absolute atomic E-state index is 0.0810. The Morgan fingerprint density at radius 3 is 2.52 bits per heavy atom. The van der Waals surface area contributed by atoms with E-state index in [0.717, 1.165) is 10.4 Å². The first-order valence-corrected chi connectivity index (χ1v) is 7.50. The van der Waals surface area contributed by atoms with E-state index >= 15 is 0 Å². The second-order valence-electron chi connectivity index (χ2n) is 4.54. The molecule has 2 rings (SSSR count). The summed E-state index contributed by atoms with van der Waals surface area (Å²) < 4.78 is 5.09. The van der Waals surface area contributed by atoms with Crippen LogP contribution in [0.1, 0.15) is 16.9 Å². The van der Waals surface area contributed by atoms with Gasteiger partial charge in [0.15, 0.2) is 5.78 Å². The monoisotopic (exact) mass is 300 g/mol. The van der Waals surface area contributed by atoms with Crippen LogP contribution in [0.2, 0.25) is 0 Å². The predicted molar refractivity (Wildman–Crippen MR) is 83.0 cm³/mol. The molecule has 0 fully saturated rings. The van der Waals surface area contributed by atoms with E-state index in [1.165, 1.54) is 0 Å². The highest BCUT2D eigenvalue weighted by atomic mass is 32.1. The van der Waals surface area contributed by atoms with Gasteiger partial charge in [0.25, 0.3) is 0 Å². The zero-order valence-corrected chi connectivity index (χ0v) is 12.4. The number of rotatable bonds is 7. The summed E-state index contributed by atoms with van der Waals surface area (Å²) in [5.74, 6) is -0.906. The molecule has 108 valence electrons. The minimum atomic E-state index is -0.643. The van der Waals surface area contributed by atoms with Gasteiger partial charge in [0.05, 0.1) is 5.57 Å². The fourth-order valence-electron chi connectivity index (χ4n) is 1.77. The molecule has 0 N–H and O–H groups in total.